The molecule has 0 bridgehead atoms. The lowest BCUT2D eigenvalue weighted by Gasteiger charge is -2.23. The summed E-state index contributed by atoms with van der Waals surface area (Å²) in [6.45, 7) is 11.2. The standard InChI is InChI=1S/C16H26BrNO2/c1-6-16(3,4)11-18-10-12-8-13(17)15(20-7-2)14(9-12)19-5/h8-9,18H,6-7,10-11H2,1-5H3. The van der Waals surface area contributed by atoms with Crippen LogP contribution in [0.1, 0.15) is 39.7 Å². The third-order valence-electron chi connectivity index (χ3n) is 3.47. The Hall–Kier alpha value is -0.740. The van der Waals surface area contributed by atoms with Crippen molar-refractivity contribution in [1.82, 2.24) is 5.32 Å². The molecule has 1 rings (SSSR count). The van der Waals surface area contributed by atoms with Crippen LogP contribution in [0, 0.1) is 5.41 Å². The van der Waals surface area contributed by atoms with Crippen LogP contribution in [0.3, 0.4) is 0 Å². The summed E-state index contributed by atoms with van der Waals surface area (Å²) in [5.74, 6) is 1.54. The van der Waals surface area contributed by atoms with E-state index < -0.39 is 0 Å². The first kappa shape index (κ1) is 17.3. The van der Waals surface area contributed by atoms with Gasteiger partial charge in [-0.25, -0.2) is 0 Å². The van der Waals surface area contributed by atoms with E-state index in [1.54, 1.807) is 7.11 Å². The second-order valence-corrected chi connectivity index (χ2v) is 6.52. The quantitative estimate of drug-likeness (QED) is 0.759. The average molecular weight is 344 g/mol. The molecule has 1 aromatic rings. The van der Waals surface area contributed by atoms with Crippen LogP contribution in [0.4, 0.5) is 0 Å². The minimum atomic E-state index is 0.326. The van der Waals surface area contributed by atoms with Gasteiger partial charge in [0.1, 0.15) is 0 Å². The van der Waals surface area contributed by atoms with Gasteiger partial charge in [-0.15, -0.1) is 0 Å². The molecule has 0 saturated carbocycles. The van der Waals surface area contributed by atoms with Gasteiger partial charge in [-0.1, -0.05) is 20.8 Å². The summed E-state index contributed by atoms with van der Waals surface area (Å²) in [6.07, 6.45) is 1.16. The van der Waals surface area contributed by atoms with E-state index >= 15 is 0 Å². The molecule has 0 unspecified atom stereocenters. The van der Waals surface area contributed by atoms with Gasteiger partial charge in [0.05, 0.1) is 18.2 Å². The van der Waals surface area contributed by atoms with Crippen LogP contribution in [0.2, 0.25) is 0 Å². The lowest BCUT2D eigenvalue weighted by Crippen LogP contribution is -2.28. The maximum Gasteiger partial charge on any atom is 0.175 e. The minimum Gasteiger partial charge on any atom is -0.493 e. The van der Waals surface area contributed by atoms with Crippen LogP contribution in [-0.2, 0) is 6.54 Å². The number of ether oxygens (including phenoxy) is 2. The van der Waals surface area contributed by atoms with Gasteiger partial charge in [-0.05, 0) is 52.4 Å². The van der Waals surface area contributed by atoms with Crippen molar-refractivity contribution in [2.24, 2.45) is 5.41 Å². The molecule has 4 heteroatoms. The van der Waals surface area contributed by atoms with Gasteiger partial charge in [0.2, 0.25) is 0 Å². The van der Waals surface area contributed by atoms with Gasteiger partial charge < -0.3 is 14.8 Å². The summed E-state index contributed by atoms with van der Waals surface area (Å²) < 4.78 is 11.9. The van der Waals surface area contributed by atoms with Crippen molar-refractivity contribution in [1.29, 1.82) is 0 Å². The first-order valence-electron chi connectivity index (χ1n) is 7.13. The molecule has 0 aliphatic carbocycles. The van der Waals surface area contributed by atoms with Crippen LogP contribution < -0.4 is 14.8 Å². The lowest BCUT2D eigenvalue weighted by atomic mass is 9.90. The fraction of sp³-hybridized carbons (Fsp3) is 0.625. The number of hydrogen-bond acceptors (Lipinski definition) is 3. The molecule has 0 radical (unpaired) electrons. The fourth-order valence-electron chi connectivity index (χ4n) is 1.83. The molecular formula is C16H26BrNO2. The zero-order valence-electron chi connectivity index (χ0n) is 13.2. The summed E-state index contributed by atoms with van der Waals surface area (Å²) >= 11 is 3.55. The molecule has 0 amide bonds. The SMILES string of the molecule is CCOc1c(Br)cc(CNCC(C)(C)CC)cc1OC. The largest absolute Gasteiger partial charge is 0.493 e. The highest BCUT2D eigenvalue weighted by Crippen LogP contribution is 2.36. The smallest absolute Gasteiger partial charge is 0.175 e. The third-order valence-corrected chi connectivity index (χ3v) is 4.06. The topological polar surface area (TPSA) is 30.5 Å². The molecule has 1 aromatic carbocycles. The number of benzene rings is 1. The van der Waals surface area contributed by atoms with Crippen molar-refractivity contribution in [2.45, 2.75) is 40.7 Å². The van der Waals surface area contributed by atoms with Crippen LogP contribution >= 0.6 is 15.9 Å². The van der Waals surface area contributed by atoms with E-state index in [1.165, 1.54) is 5.56 Å². The molecule has 1 N–H and O–H groups in total. The summed E-state index contributed by atoms with van der Waals surface area (Å²) in [4.78, 5) is 0. The molecule has 0 heterocycles. The van der Waals surface area contributed by atoms with E-state index in [9.17, 15) is 0 Å². The van der Waals surface area contributed by atoms with E-state index in [0.29, 0.717) is 12.0 Å². The van der Waals surface area contributed by atoms with Gasteiger partial charge >= 0.3 is 0 Å². The maximum atomic E-state index is 5.60. The van der Waals surface area contributed by atoms with Crippen molar-refractivity contribution < 1.29 is 9.47 Å². The Morgan fingerprint density at radius 3 is 2.50 bits per heavy atom. The highest BCUT2D eigenvalue weighted by molar-refractivity contribution is 9.10. The molecule has 0 aliphatic heterocycles. The average Bonchev–Trinajstić information content (AvgIpc) is 2.41. The van der Waals surface area contributed by atoms with Gasteiger partial charge in [-0.3, -0.25) is 0 Å². The van der Waals surface area contributed by atoms with Crippen molar-refractivity contribution in [3.8, 4) is 11.5 Å². The van der Waals surface area contributed by atoms with Crippen LogP contribution in [0.25, 0.3) is 0 Å². The number of methoxy groups -OCH3 is 1. The van der Waals surface area contributed by atoms with E-state index in [2.05, 4.69) is 48.1 Å². The summed E-state index contributed by atoms with van der Waals surface area (Å²) in [6, 6.07) is 4.11. The van der Waals surface area contributed by atoms with Gasteiger partial charge in [0, 0.05) is 13.1 Å². The van der Waals surface area contributed by atoms with E-state index in [4.69, 9.17) is 9.47 Å². The third kappa shape index (κ3) is 4.98. The van der Waals surface area contributed by atoms with E-state index in [-0.39, 0.29) is 0 Å². The molecular weight excluding hydrogens is 318 g/mol. The first-order chi connectivity index (χ1) is 9.43. The van der Waals surface area contributed by atoms with Crippen molar-refractivity contribution in [3.05, 3.63) is 22.2 Å². The molecule has 0 atom stereocenters. The Morgan fingerprint density at radius 1 is 1.25 bits per heavy atom. The molecule has 0 aromatic heterocycles. The molecule has 0 fully saturated rings. The highest BCUT2D eigenvalue weighted by atomic mass is 79.9. The van der Waals surface area contributed by atoms with Crippen molar-refractivity contribution in [3.63, 3.8) is 0 Å². The number of halogens is 1. The summed E-state index contributed by atoms with van der Waals surface area (Å²) in [7, 11) is 1.67. The zero-order chi connectivity index (χ0) is 15.2. The van der Waals surface area contributed by atoms with Gasteiger partial charge in [0.25, 0.3) is 0 Å². The zero-order valence-corrected chi connectivity index (χ0v) is 14.8. The summed E-state index contributed by atoms with van der Waals surface area (Å²) in [5, 5.41) is 3.51. The molecule has 20 heavy (non-hydrogen) atoms. The monoisotopic (exact) mass is 343 g/mol. The Bertz CT molecular complexity index is 433. The van der Waals surface area contributed by atoms with Crippen molar-refractivity contribution in [2.75, 3.05) is 20.3 Å². The fourth-order valence-corrected chi connectivity index (χ4v) is 2.43. The molecule has 114 valence electrons. The van der Waals surface area contributed by atoms with E-state index in [0.717, 1.165) is 35.5 Å². The van der Waals surface area contributed by atoms with E-state index in [1.807, 2.05) is 13.0 Å². The van der Waals surface area contributed by atoms with Crippen LogP contribution in [0.15, 0.2) is 16.6 Å². The minimum absolute atomic E-state index is 0.326. The Kier molecular flexibility index (Phi) is 6.83. The Morgan fingerprint density at radius 2 is 1.95 bits per heavy atom. The number of nitrogens with one attached hydrogen (secondary N) is 1. The molecule has 0 saturated heterocycles. The highest BCUT2D eigenvalue weighted by Gasteiger charge is 2.15. The van der Waals surface area contributed by atoms with Crippen molar-refractivity contribution >= 4 is 15.9 Å². The molecule has 3 nitrogen and oxygen atoms in total. The second-order valence-electron chi connectivity index (χ2n) is 5.66. The second kappa shape index (κ2) is 7.89. The predicted octanol–water partition coefficient (Wildman–Crippen LogP) is 4.38. The van der Waals surface area contributed by atoms with Gasteiger partial charge in [0.15, 0.2) is 11.5 Å². The van der Waals surface area contributed by atoms with Gasteiger partial charge in [-0.2, -0.15) is 0 Å². The molecule has 0 spiro atoms. The summed E-state index contributed by atoms with van der Waals surface area (Å²) in [5.41, 5.74) is 1.51. The van der Waals surface area contributed by atoms with Crippen LogP contribution in [-0.4, -0.2) is 20.3 Å². The number of hydrogen-bond donors (Lipinski definition) is 1. The Balaban J connectivity index is 2.75. The van der Waals surface area contributed by atoms with Crippen LogP contribution in [0.5, 0.6) is 11.5 Å². The lowest BCUT2D eigenvalue weighted by molar-refractivity contribution is 0.308. The number of rotatable bonds is 8. The molecule has 0 aliphatic rings. The first-order valence-corrected chi connectivity index (χ1v) is 7.92. The normalized spacial score (nSPS) is 11.5. The predicted molar refractivity (Wildman–Crippen MR) is 87.6 cm³/mol. The Labute approximate surface area is 131 Å². The maximum absolute atomic E-state index is 5.60.